The topological polar surface area (TPSA) is 31.4 Å². The standard InChI is InChI=1S/C17H32N4/c1-7-8-21(10-9-20(5)6)17-11-15(4)19-13-16(17)12-18-14(2)3/h11,13-14,18H,7-10,12H2,1-6H3. The third-order valence-corrected chi connectivity index (χ3v) is 3.45. The zero-order chi connectivity index (χ0) is 15.8. The molecule has 1 heterocycles. The first-order valence-electron chi connectivity index (χ1n) is 8.02. The van der Waals surface area contributed by atoms with Gasteiger partial charge in [0, 0.05) is 55.4 Å². The van der Waals surface area contributed by atoms with Crippen molar-refractivity contribution in [2.45, 2.75) is 46.7 Å². The Kier molecular flexibility index (Phi) is 7.68. The molecule has 0 amide bonds. The van der Waals surface area contributed by atoms with Crippen LogP contribution in [0.4, 0.5) is 5.69 Å². The first kappa shape index (κ1) is 17.9. The summed E-state index contributed by atoms with van der Waals surface area (Å²) in [5, 5.41) is 3.51. The van der Waals surface area contributed by atoms with E-state index in [1.54, 1.807) is 0 Å². The second kappa shape index (κ2) is 9.00. The molecule has 0 radical (unpaired) electrons. The highest BCUT2D eigenvalue weighted by Crippen LogP contribution is 2.21. The molecule has 0 aliphatic rings. The molecule has 0 saturated carbocycles. The third kappa shape index (κ3) is 6.44. The number of likely N-dealkylation sites (N-methyl/N-ethyl adjacent to an activating group) is 1. The Morgan fingerprint density at radius 2 is 1.90 bits per heavy atom. The first-order chi connectivity index (χ1) is 9.93. The number of nitrogens with one attached hydrogen (secondary N) is 1. The zero-order valence-electron chi connectivity index (χ0n) is 14.6. The monoisotopic (exact) mass is 292 g/mol. The van der Waals surface area contributed by atoms with Crippen molar-refractivity contribution in [3.8, 4) is 0 Å². The fraction of sp³-hybridized carbons (Fsp3) is 0.706. The lowest BCUT2D eigenvalue weighted by Crippen LogP contribution is -2.34. The molecule has 0 aliphatic carbocycles. The first-order valence-corrected chi connectivity index (χ1v) is 8.02. The molecule has 0 bridgehead atoms. The van der Waals surface area contributed by atoms with Gasteiger partial charge in [-0.3, -0.25) is 4.98 Å². The SMILES string of the molecule is CCCN(CCN(C)C)c1cc(C)ncc1CNC(C)C. The van der Waals surface area contributed by atoms with Gasteiger partial charge in [0.2, 0.25) is 0 Å². The maximum absolute atomic E-state index is 4.48. The number of aromatic nitrogens is 1. The smallest absolute Gasteiger partial charge is 0.0445 e. The minimum Gasteiger partial charge on any atom is -0.370 e. The minimum atomic E-state index is 0.487. The number of aryl methyl sites for hydroxylation is 1. The average molecular weight is 292 g/mol. The molecule has 4 nitrogen and oxygen atoms in total. The molecule has 1 rings (SSSR count). The van der Waals surface area contributed by atoms with Gasteiger partial charge in [-0.25, -0.2) is 0 Å². The molecule has 0 spiro atoms. The normalized spacial score (nSPS) is 11.4. The predicted octanol–water partition coefficient (Wildman–Crippen LogP) is 2.67. The molecular weight excluding hydrogens is 260 g/mol. The molecule has 0 fully saturated rings. The summed E-state index contributed by atoms with van der Waals surface area (Å²) in [4.78, 5) is 9.21. The van der Waals surface area contributed by atoms with Crippen molar-refractivity contribution >= 4 is 5.69 Å². The number of hydrogen-bond acceptors (Lipinski definition) is 4. The predicted molar refractivity (Wildman–Crippen MR) is 92.0 cm³/mol. The van der Waals surface area contributed by atoms with E-state index in [4.69, 9.17) is 0 Å². The van der Waals surface area contributed by atoms with Crippen LogP contribution >= 0.6 is 0 Å². The average Bonchev–Trinajstić information content (AvgIpc) is 2.41. The Hall–Kier alpha value is -1.13. The number of hydrogen-bond donors (Lipinski definition) is 1. The summed E-state index contributed by atoms with van der Waals surface area (Å²) < 4.78 is 0. The van der Waals surface area contributed by atoms with Crippen LogP contribution in [-0.4, -0.2) is 49.7 Å². The summed E-state index contributed by atoms with van der Waals surface area (Å²) in [7, 11) is 4.26. The van der Waals surface area contributed by atoms with Crippen molar-refractivity contribution in [2.24, 2.45) is 0 Å². The Balaban J connectivity index is 2.94. The minimum absolute atomic E-state index is 0.487. The summed E-state index contributed by atoms with van der Waals surface area (Å²) in [5.74, 6) is 0. The van der Waals surface area contributed by atoms with Crippen molar-refractivity contribution in [2.75, 3.05) is 38.6 Å². The quantitative estimate of drug-likeness (QED) is 0.758. The van der Waals surface area contributed by atoms with Crippen LogP contribution in [0.3, 0.4) is 0 Å². The van der Waals surface area contributed by atoms with Crippen LogP contribution in [0.25, 0.3) is 0 Å². The van der Waals surface area contributed by atoms with E-state index in [2.05, 4.69) is 68.0 Å². The molecule has 1 aromatic rings. The highest BCUT2D eigenvalue weighted by molar-refractivity contribution is 5.53. The Bertz CT molecular complexity index is 415. The summed E-state index contributed by atoms with van der Waals surface area (Å²) in [5.41, 5.74) is 3.71. The van der Waals surface area contributed by atoms with Gasteiger partial charge in [0.15, 0.2) is 0 Å². The van der Waals surface area contributed by atoms with Crippen molar-refractivity contribution in [1.29, 1.82) is 0 Å². The summed E-state index contributed by atoms with van der Waals surface area (Å²) >= 11 is 0. The van der Waals surface area contributed by atoms with E-state index in [-0.39, 0.29) is 0 Å². The van der Waals surface area contributed by atoms with Crippen LogP contribution in [-0.2, 0) is 6.54 Å². The van der Waals surface area contributed by atoms with Crippen LogP contribution in [0.1, 0.15) is 38.4 Å². The van der Waals surface area contributed by atoms with Crippen LogP contribution in [0.15, 0.2) is 12.3 Å². The second-order valence-corrected chi connectivity index (χ2v) is 6.28. The molecule has 0 saturated heterocycles. The number of pyridine rings is 1. The Morgan fingerprint density at radius 3 is 2.48 bits per heavy atom. The molecule has 4 heteroatoms. The molecule has 0 aromatic carbocycles. The van der Waals surface area contributed by atoms with Gasteiger partial charge >= 0.3 is 0 Å². The van der Waals surface area contributed by atoms with Crippen LogP contribution < -0.4 is 10.2 Å². The maximum atomic E-state index is 4.48. The molecule has 120 valence electrons. The van der Waals surface area contributed by atoms with Gasteiger partial charge in [0.1, 0.15) is 0 Å². The van der Waals surface area contributed by atoms with Gasteiger partial charge in [-0.15, -0.1) is 0 Å². The molecule has 1 N–H and O–H groups in total. The van der Waals surface area contributed by atoms with Gasteiger partial charge in [0.05, 0.1) is 0 Å². The Labute approximate surface area is 130 Å². The van der Waals surface area contributed by atoms with Gasteiger partial charge in [0.25, 0.3) is 0 Å². The van der Waals surface area contributed by atoms with Crippen molar-refractivity contribution in [3.63, 3.8) is 0 Å². The van der Waals surface area contributed by atoms with E-state index in [1.165, 1.54) is 11.3 Å². The summed E-state index contributed by atoms with van der Waals surface area (Å²) in [6, 6.07) is 2.71. The molecular formula is C17H32N4. The largest absolute Gasteiger partial charge is 0.370 e. The second-order valence-electron chi connectivity index (χ2n) is 6.28. The number of rotatable bonds is 9. The maximum Gasteiger partial charge on any atom is 0.0445 e. The molecule has 1 aromatic heterocycles. The van der Waals surface area contributed by atoms with E-state index in [0.717, 1.165) is 38.3 Å². The molecule has 0 unspecified atom stereocenters. The fourth-order valence-corrected chi connectivity index (χ4v) is 2.26. The van der Waals surface area contributed by atoms with Crippen LogP contribution in [0, 0.1) is 6.92 Å². The van der Waals surface area contributed by atoms with Gasteiger partial charge in [-0.05, 0) is 33.5 Å². The van der Waals surface area contributed by atoms with Gasteiger partial charge in [-0.1, -0.05) is 20.8 Å². The Morgan fingerprint density at radius 1 is 1.19 bits per heavy atom. The lowest BCUT2D eigenvalue weighted by molar-refractivity contribution is 0.412. The van der Waals surface area contributed by atoms with Crippen molar-refractivity contribution < 1.29 is 0 Å². The third-order valence-electron chi connectivity index (χ3n) is 3.45. The number of nitrogens with zero attached hydrogens (tertiary/aromatic N) is 3. The highest BCUT2D eigenvalue weighted by atomic mass is 15.2. The van der Waals surface area contributed by atoms with Crippen LogP contribution in [0.2, 0.25) is 0 Å². The van der Waals surface area contributed by atoms with Gasteiger partial charge in [-0.2, -0.15) is 0 Å². The number of anilines is 1. The lowest BCUT2D eigenvalue weighted by atomic mass is 10.1. The van der Waals surface area contributed by atoms with Crippen molar-refractivity contribution in [3.05, 3.63) is 23.5 Å². The highest BCUT2D eigenvalue weighted by Gasteiger charge is 2.12. The van der Waals surface area contributed by atoms with Crippen molar-refractivity contribution in [1.82, 2.24) is 15.2 Å². The van der Waals surface area contributed by atoms with E-state index in [9.17, 15) is 0 Å². The van der Waals surface area contributed by atoms with E-state index in [1.807, 2.05) is 6.20 Å². The summed E-state index contributed by atoms with van der Waals surface area (Å²) in [6.45, 7) is 12.8. The van der Waals surface area contributed by atoms with E-state index < -0.39 is 0 Å². The summed E-state index contributed by atoms with van der Waals surface area (Å²) in [6.07, 6.45) is 3.18. The van der Waals surface area contributed by atoms with E-state index in [0.29, 0.717) is 6.04 Å². The zero-order valence-corrected chi connectivity index (χ0v) is 14.6. The molecule has 21 heavy (non-hydrogen) atoms. The van der Waals surface area contributed by atoms with Gasteiger partial charge < -0.3 is 15.1 Å². The van der Waals surface area contributed by atoms with E-state index >= 15 is 0 Å². The fourth-order valence-electron chi connectivity index (χ4n) is 2.26. The molecule has 0 atom stereocenters. The molecule has 0 aliphatic heterocycles. The lowest BCUT2D eigenvalue weighted by Gasteiger charge is -2.28. The van der Waals surface area contributed by atoms with Crippen LogP contribution in [0.5, 0.6) is 0 Å².